The molecule has 2 fully saturated rings. The number of aliphatic hydroxyl groups is 1. The summed E-state index contributed by atoms with van der Waals surface area (Å²) in [4.78, 5) is 51.7. The van der Waals surface area contributed by atoms with E-state index < -0.39 is 23.7 Å². The summed E-state index contributed by atoms with van der Waals surface area (Å²) in [6, 6.07) is 8.76. The fraction of sp³-hybridized carbons (Fsp3) is 0.583. The molecule has 2 N–H and O–H groups in total. The van der Waals surface area contributed by atoms with Gasteiger partial charge in [0.2, 0.25) is 11.8 Å². The molecule has 0 radical (unpaired) electrons. The quantitative estimate of drug-likeness (QED) is 0.303. The molecule has 2 aliphatic heterocycles. The number of aliphatic hydroxyl groups excluding tert-OH is 1. The van der Waals surface area contributed by atoms with Crippen LogP contribution in [0.4, 0.5) is 4.79 Å². The summed E-state index contributed by atoms with van der Waals surface area (Å²) in [5.41, 5.74) is 4.94. The predicted octanol–water partition coefficient (Wildman–Crippen LogP) is 4.92. The Morgan fingerprint density at radius 3 is 2.37 bits per heavy atom. The van der Waals surface area contributed by atoms with Crippen molar-refractivity contribution in [1.82, 2.24) is 30.2 Å². The molecule has 3 amide bonds. The van der Waals surface area contributed by atoms with E-state index in [0.29, 0.717) is 50.6 Å². The van der Waals surface area contributed by atoms with Crippen molar-refractivity contribution >= 4 is 29.2 Å². The van der Waals surface area contributed by atoms with Crippen molar-refractivity contribution in [3.63, 3.8) is 0 Å². The molecule has 0 bridgehead atoms. The number of amides is 3. The van der Waals surface area contributed by atoms with Crippen molar-refractivity contribution in [2.45, 2.75) is 91.0 Å². The second-order valence-corrected chi connectivity index (χ2v) is 15.4. The highest BCUT2D eigenvalue weighted by Gasteiger charge is 2.43. The van der Waals surface area contributed by atoms with Crippen LogP contribution in [0.3, 0.4) is 0 Å². The van der Waals surface area contributed by atoms with Gasteiger partial charge in [0, 0.05) is 51.8 Å². The average Bonchev–Trinajstić information content (AvgIpc) is 3.78. The largest absolute Gasteiger partial charge is 0.444 e. The Kier molecular flexibility index (Phi) is 11.5. The van der Waals surface area contributed by atoms with Crippen molar-refractivity contribution in [3.8, 4) is 10.4 Å². The summed E-state index contributed by atoms with van der Waals surface area (Å²) >= 11 is 1.59. The zero-order valence-corrected chi connectivity index (χ0v) is 30.5. The molecule has 0 unspecified atom stereocenters. The number of nitrogens with one attached hydrogen (secondary N) is 1. The Morgan fingerprint density at radius 1 is 1.10 bits per heavy atom. The molecule has 2 aliphatic rings. The third kappa shape index (κ3) is 9.06. The SMILES string of the molecule is Cc1cc([C@H](C(=O)N2C[C@H](O)C[C@H]2C(=O)N[C@@H](CCN2CCN(C(=O)OC(C)(C)C)CC2)c2ccc(-c3scnc3C)cc2)C(C)C)on1. The molecule has 12 nitrogen and oxygen atoms in total. The van der Waals surface area contributed by atoms with E-state index in [-0.39, 0.29) is 42.8 Å². The first-order valence-corrected chi connectivity index (χ1v) is 18.0. The van der Waals surface area contributed by atoms with Crippen molar-refractivity contribution in [2.75, 3.05) is 39.3 Å². The normalized spacial score (nSPS) is 20.0. The topological polar surface area (TPSA) is 141 Å². The van der Waals surface area contributed by atoms with Crippen LogP contribution in [0, 0.1) is 19.8 Å². The van der Waals surface area contributed by atoms with Crippen molar-refractivity contribution < 1.29 is 28.8 Å². The predicted molar refractivity (Wildman–Crippen MR) is 187 cm³/mol. The lowest BCUT2D eigenvalue weighted by Crippen LogP contribution is -2.51. The van der Waals surface area contributed by atoms with Crippen LogP contribution in [0.1, 0.15) is 82.1 Å². The number of β-amino-alcohol motifs (C(OH)–C–C–N with tert-alkyl or cyclic N) is 1. The molecular weight excluding hydrogens is 644 g/mol. The number of carbonyl (C=O) groups is 3. The van der Waals surface area contributed by atoms with Gasteiger partial charge in [0.1, 0.15) is 23.3 Å². The van der Waals surface area contributed by atoms with Gasteiger partial charge in [-0.2, -0.15) is 0 Å². The van der Waals surface area contributed by atoms with Crippen LogP contribution in [0.2, 0.25) is 0 Å². The molecule has 0 aliphatic carbocycles. The van der Waals surface area contributed by atoms with E-state index in [4.69, 9.17) is 9.26 Å². The summed E-state index contributed by atoms with van der Waals surface area (Å²) in [5.74, 6) is -0.834. The Hall–Kier alpha value is -3.81. The van der Waals surface area contributed by atoms with Crippen LogP contribution >= 0.6 is 11.3 Å². The molecule has 49 heavy (non-hydrogen) atoms. The molecule has 4 heterocycles. The second-order valence-electron chi connectivity index (χ2n) is 14.5. The summed E-state index contributed by atoms with van der Waals surface area (Å²) in [5, 5.41) is 17.9. The molecule has 4 atom stereocenters. The number of hydrogen-bond donors (Lipinski definition) is 2. The number of aryl methyl sites for hydroxylation is 2. The van der Waals surface area contributed by atoms with Gasteiger partial charge in [-0.05, 0) is 58.1 Å². The standard InChI is InChI=1S/C36H50N6O6S/c1-22(2)31(30-18-23(3)39-48-30)34(45)42-20-27(43)19-29(42)33(44)38-28(25-8-10-26(11-9-25)32-24(4)37-21-49-32)12-13-40-14-16-41(17-15-40)35(46)47-36(5,6)7/h8-11,18,21-22,27-29,31,43H,12-17,19-20H2,1-7H3,(H,38,44)/t27-,28+,29+,31-/m1/s1. The molecule has 5 rings (SSSR count). The monoisotopic (exact) mass is 694 g/mol. The van der Waals surface area contributed by atoms with Crippen LogP contribution in [-0.4, -0.2) is 105 Å². The number of ether oxygens (including phenoxy) is 1. The van der Waals surface area contributed by atoms with Crippen LogP contribution in [0.5, 0.6) is 0 Å². The highest BCUT2D eigenvalue weighted by molar-refractivity contribution is 7.13. The average molecular weight is 695 g/mol. The van der Waals surface area contributed by atoms with Gasteiger partial charge in [0.15, 0.2) is 0 Å². The van der Waals surface area contributed by atoms with E-state index in [2.05, 4.69) is 32.5 Å². The van der Waals surface area contributed by atoms with Crippen molar-refractivity contribution in [3.05, 3.63) is 58.6 Å². The molecular formula is C36H50N6O6S. The number of thiazole rings is 1. The number of benzene rings is 1. The van der Waals surface area contributed by atoms with Crippen LogP contribution < -0.4 is 5.32 Å². The maximum absolute atomic E-state index is 14.1. The van der Waals surface area contributed by atoms with Crippen LogP contribution in [-0.2, 0) is 14.3 Å². The minimum atomic E-state index is -0.827. The Labute approximate surface area is 292 Å². The lowest BCUT2D eigenvalue weighted by atomic mass is 9.91. The highest BCUT2D eigenvalue weighted by atomic mass is 32.1. The lowest BCUT2D eigenvalue weighted by Gasteiger charge is -2.36. The smallest absolute Gasteiger partial charge is 0.410 e. The minimum Gasteiger partial charge on any atom is -0.444 e. The third-order valence-corrected chi connectivity index (χ3v) is 10.1. The second kappa shape index (κ2) is 15.4. The molecule has 2 saturated heterocycles. The van der Waals surface area contributed by atoms with E-state index in [9.17, 15) is 19.5 Å². The van der Waals surface area contributed by atoms with Gasteiger partial charge < -0.3 is 29.5 Å². The molecule has 13 heteroatoms. The van der Waals surface area contributed by atoms with Crippen LogP contribution in [0.15, 0.2) is 40.4 Å². The van der Waals surface area contributed by atoms with Gasteiger partial charge in [0.05, 0.1) is 33.9 Å². The first-order chi connectivity index (χ1) is 23.2. The summed E-state index contributed by atoms with van der Waals surface area (Å²) in [7, 11) is 0. The molecule has 2 aromatic heterocycles. The number of likely N-dealkylation sites (tertiary alicyclic amines) is 1. The van der Waals surface area contributed by atoms with Crippen molar-refractivity contribution in [1.29, 1.82) is 0 Å². The van der Waals surface area contributed by atoms with Gasteiger partial charge in [0.25, 0.3) is 0 Å². The number of nitrogens with zero attached hydrogens (tertiary/aromatic N) is 5. The van der Waals surface area contributed by atoms with E-state index >= 15 is 0 Å². The van der Waals surface area contributed by atoms with E-state index in [1.807, 2.05) is 59.2 Å². The van der Waals surface area contributed by atoms with E-state index in [1.165, 1.54) is 4.90 Å². The lowest BCUT2D eigenvalue weighted by molar-refractivity contribution is -0.141. The summed E-state index contributed by atoms with van der Waals surface area (Å²) in [6.07, 6.45) is -0.345. The number of hydrogen-bond acceptors (Lipinski definition) is 10. The Bertz CT molecular complexity index is 1590. The van der Waals surface area contributed by atoms with Gasteiger partial charge in [-0.3, -0.25) is 14.5 Å². The van der Waals surface area contributed by atoms with Gasteiger partial charge in [-0.1, -0.05) is 43.3 Å². The fourth-order valence-corrected chi connectivity index (χ4v) is 7.39. The Morgan fingerprint density at radius 2 is 1.80 bits per heavy atom. The minimum absolute atomic E-state index is 0.0722. The number of rotatable bonds is 10. The first kappa shape index (κ1) is 36.5. The zero-order chi connectivity index (χ0) is 35.5. The summed E-state index contributed by atoms with van der Waals surface area (Å²) in [6.45, 7) is 16.5. The fourth-order valence-electron chi connectivity index (χ4n) is 6.58. The van der Waals surface area contributed by atoms with Gasteiger partial charge >= 0.3 is 6.09 Å². The third-order valence-electron chi connectivity index (χ3n) is 9.15. The highest BCUT2D eigenvalue weighted by Crippen LogP contribution is 2.32. The van der Waals surface area contributed by atoms with E-state index in [0.717, 1.165) is 21.7 Å². The maximum atomic E-state index is 14.1. The zero-order valence-electron chi connectivity index (χ0n) is 29.6. The van der Waals surface area contributed by atoms with Gasteiger partial charge in [-0.15, -0.1) is 11.3 Å². The molecule has 0 spiro atoms. The first-order valence-electron chi connectivity index (χ1n) is 17.1. The van der Waals surface area contributed by atoms with Gasteiger partial charge in [-0.25, -0.2) is 9.78 Å². The molecule has 3 aromatic rings. The summed E-state index contributed by atoms with van der Waals surface area (Å²) < 4.78 is 11.0. The molecule has 1 aromatic carbocycles. The Balaban J connectivity index is 1.31. The molecule has 266 valence electrons. The van der Waals surface area contributed by atoms with E-state index in [1.54, 1.807) is 29.2 Å². The van der Waals surface area contributed by atoms with Crippen molar-refractivity contribution in [2.24, 2.45) is 5.92 Å². The number of piperazine rings is 1. The maximum Gasteiger partial charge on any atom is 0.410 e. The number of carbonyl (C=O) groups excluding carboxylic acids is 3. The number of aromatic nitrogens is 2. The van der Waals surface area contributed by atoms with Crippen LogP contribution in [0.25, 0.3) is 10.4 Å². The molecule has 0 saturated carbocycles.